The summed E-state index contributed by atoms with van der Waals surface area (Å²) in [6.45, 7) is 47.6. The SMILES string of the molecule is CCC(C)(C)C(=O)OC(OC)C(C)(C)C.CCC(C)(C)C(=O)OC1CC2CC(C(=O)OC(OCC34CC5CC(CC(C5)C3)C4)C(CC)(CC)CC)C1C2.CCC(C)(C)C(=O)OC1OC(C)CC12CCCCC2.CCC(C)(C)C(=O)OCC(=O)OC1C2CC3C1OC(=O)C3(C(=O)OC(OC1CC3CCC1C3)C1(CC)CCCC1)C2.CCC(C)(C)c1ccc(OCC(=O)OC(OCC(F)(F)F)C(C)(C)COC)cc1. The van der Waals surface area contributed by atoms with Gasteiger partial charge >= 0.3 is 59.9 Å². The Labute approximate surface area is 848 Å². The quantitative estimate of drug-likeness (QED) is 0.0254. The largest absolute Gasteiger partial charge is 0.482 e. The highest BCUT2D eigenvalue weighted by Gasteiger charge is 2.76. The van der Waals surface area contributed by atoms with Gasteiger partial charge in [0.15, 0.2) is 18.6 Å². The molecular weight excluding hydrogens is 1830 g/mol. The lowest BCUT2D eigenvalue weighted by Gasteiger charge is -2.57. The number of methoxy groups -OCH3 is 2. The minimum Gasteiger partial charge on any atom is -0.482 e. The van der Waals surface area contributed by atoms with Crippen LogP contribution in [0, 0.1) is 119 Å². The van der Waals surface area contributed by atoms with Gasteiger partial charge < -0.3 is 75.8 Å². The van der Waals surface area contributed by atoms with Gasteiger partial charge in [-0.25, -0.2) is 9.59 Å². The first-order valence-electron chi connectivity index (χ1n) is 54.6. The second-order valence-corrected chi connectivity index (χ2v) is 50.2. The first-order chi connectivity index (χ1) is 66.4. The van der Waals surface area contributed by atoms with Crippen molar-refractivity contribution in [2.75, 3.05) is 47.3 Å². The zero-order valence-electron chi connectivity index (χ0n) is 91.8. The molecule has 18 atom stereocenters. The van der Waals surface area contributed by atoms with Crippen molar-refractivity contribution in [2.45, 2.75) is 465 Å². The van der Waals surface area contributed by atoms with Crippen LogP contribution in [0.15, 0.2) is 24.3 Å². The van der Waals surface area contributed by atoms with E-state index < -0.39 is 132 Å². The van der Waals surface area contributed by atoms with Crippen LogP contribution >= 0.6 is 0 Å². The predicted molar refractivity (Wildman–Crippen MR) is 531 cm³/mol. The molecule has 2 saturated heterocycles. The van der Waals surface area contributed by atoms with Gasteiger partial charge in [0, 0.05) is 53.6 Å². The minimum absolute atomic E-state index is 0.0213. The molecule has 18 unspecified atom stereocenters. The van der Waals surface area contributed by atoms with E-state index >= 15 is 0 Å². The maximum Gasteiger partial charge on any atom is 0.411 e. The van der Waals surface area contributed by atoms with Gasteiger partial charge in [-0.15, -0.1) is 0 Å². The number of ether oxygens (including phenoxy) is 16. The summed E-state index contributed by atoms with van der Waals surface area (Å²) in [6, 6.07) is 7.32. The van der Waals surface area contributed by atoms with Gasteiger partial charge in [-0.3, -0.25) is 33.6 Å². The highest BCUT2D eigenvalue weighted by Crippen LogP contribution is 2.65. The third-order valence-corrected chi connectivity index (χ3v) is 36.5. The van der Waals surface area contributed by atoms with Crippen LogP contribution in [0.1, 0.15) is 397 Å². The maximum atomic E-state index is 14.0. The lowest BCUT2D eigenvalue weighted by Crippen LogP contribution is -2.50. The molecule has 25 nitrogen and oxygen atoms in total. The van der Waals surface area contributed by atoms with Crippen LogP contribution in [-0.4, -0.2) is 169 Å². The molecule has 14 aliphatic rings. The van der Waals surface area contributed by atoms with Crippen molar-refractivity contribution in [1.29, 1.82) is 0 Å². The molecule has 0 radical (unpaired) electrons. The molecular formula is C114H183F3O25. The van der Waals surface area contributed by atoms with Gasteiger partial charge in [-0.1, -0.05) is 155 Å². The summed E-state index contributed by atoms with van der Waals surface area (Å²) in [5, 5.41) is 0. The van der Waals surface area contributed by atoms with Gasteiger partial charge in [0.1, 0.15) is 30.7 Å². The third-order valence-electron chi connectivity index (χ3n) is 36.5. The summed E-state index contributed by atoms with van der Waals surface area (Å²) in [4.78, 5) is 115. The molecule has 0 N–H and O–H groups in total. The van der Waals surface area contributed by atoms with Crippen LogP contribution < -0.4 is 4.74 Å². The Morgan fingerprint density at radius 1 is 0.500 bits per heavy atom. The van der Waals surface area contributed by atoms with Crippen LogP contribution in [0.25, 0.3) is 0 Å². The molecule has 12 saturated carbocycles. The normalized spacial score (nSPS) is 29.9. The number of esters is 9. The second kappa shape index (κ2) is 48.2. The molecule has 0 aromatic heterocycles. The molecule has 28 heteroatoms. The Morgan fingerprint density at radius 3 is 1.58 bits per heavy atom. The average Bonchev–Trinajstić information content (AvgIpc) is 1.52. The van der Waals surface area contributed by atoms with Crippen molar-refractivity contribution < 1.29 is 132 Å². The summed E-state index contributed by atoms with van der Waals surface area (Å²) >= 11 is 0. The van der Waals surface area contributed by atoms with E-state index in [1.165, 1.54) is 84.2 Å². The van der Waals surface area contributed by atoms with E-state index in [0.29, 0.717) is 36.3 Å². The molecule has 1 aromatic rings. The molecule has 0 amide bonds. The topological polar surface area (TPSA) is 301 Å². The highest BCUT2D eigenvalue weighted by atomic mass is 19.4. The van der Waals surface area contributed by atoms with E-state index in [1.807, 2.05) is 102 Å². The van der Waals surface area contributed by atoms with E-state index in [9.17, 15) is 56.3 Å². The minimum atomic E-state index is -4.54. The van der Waals surface area contributed by atoms with Crippen molar-refractivity contribution in [3.8, 4) is 5.75 Å². The standard InChI is InChI=1S/C33H54O5.C32H46O9.C21H31F3O5.C16H28O3.C12H24O3/c1-7-31(5,6)29(35)37-27-16-21-14-25(27)26(15-21)28(34)38-30(33(8-2,9-3)10-4)36-20-32-17-22-11-23(18-32)13-24(12-22)19-32;1-5-30(3,4)26(34)37-17-23(33)39-24-20-15-21-25(24)40-27(35)32(21,16-20)28(36)41-29(31(6-2)11-7-8-12-31)38-22-14-18-9-10-19(22)13-18;1-7-19(2,3)15-8-10-16(11-9-15)27-12-17(25)29-18(20(4,5)13-26-6)28-14-21(22,23)24;1-5-15(3,4)13(17)19-14-16(11-12(2)18-14)9-7-6-8-10-16;1-8-12(5,6)9(13)15-10(14-7)11(2,3)4/h21-27,30H,7-20H2,1-6H3;18-22,24-25,29H,5-17H2,1-4H3;8-11,18H,7,12-14H2,1-6H3;12,14H,5-11H2,1-4H3;10H,8H2,1-7H3. The molecule has 142 heavy (non-hydrogen) atoms. The highest BCUT2D eigenvalue weighted by molar-refractivity contribution is 6.03. The van der Waals surface area contributed by atoms with Crippen molar-refractivity contribution in [3.05, 3.63) is 29.8 Å². The monoisotopic (exact) mass is 2010 g/mol. The van der Waals surface area contributed by atoms with E-state index in [4.69, 9.17) is 75.8 Å². The number of carbonyl (C=O) groups excluding carboxylic acids is 9. The lowest BCUT2D eigenvalue weighted by atomic mass is 9.50. The van der Waals surface area contributed by atoms with Crippen LogP contribution in [0.5, 0.6) is 5.75 Å². The lowest BCUT2D eigenvalue weighted by molar-refractivity contribution is -0.256. The Balaban J connectivity index is 0.000000191. The fourth-order valence-corrected chi connectivity index (χ4v) is 25.4. The molecule has 15 rings (SSSR count). The van der Waals surface area contributed by atoms with Gasteiger partial charge in [0.2, 0.25) is 31.5 Å². The first kappa shape index (κ1) is 118. The van der Waals surface area contributed by atoms with Crippen molar-refractivity contribution in [3.63, 3.8) is 0 Å². The summed E-state index contributed by atoms with van der Waals surface area (Å²) in [7, 11) is 2.96. The number of benzene rings is 1. The van der Waals surface area contributed by atoms with Crippen molar-refractivity contribution >= 4 is 53.7 Å². The summed E-state index contributed by atoms with van der Waals surface area (Å²) < 4.78 is 129. The molecule has 10 bridgehead atoms. The van der Waals surface area contributed by atoms with Crippen molar-refractivity contribution in [2.24, 2.45) is 119 Å². The molecule has 1 spiro atoms. The Morgan fingerprint density at radius 2 is 1.06 bits per heavy atom. The molecule has 12 aliphatic carbocycles. The zero-order chi connectivity index (χ0) is 105. The number of halogens is 3. The number of hydrogen-bond acceptors (Lipinski definition) is 25. The van der Waals surface area contributed by atoms with Crippen molar-refractivity contribution in [1.82, 2.24) is 0 Å². The maximum absolute atomic E-state index is 14.0. The fraction of sp³-hybridized carbons (Fsp3) is 0.868. The van der Waals surface area contributed by atoms with E-state index in [-0.39, 0.29) is 112 Å². The average molecular weight is 2010 g/mol. The molecule has 810 valence electrons. The van der Waals surface area contributed by atoms with E-state index in [0.717, 1.165) is 152 Å². The number of carbonyl (C=O) groups is 9. The summed E-state index contributed by atoms with van der Waals surface area (Å²) in [5.41, 5.74) is -3.44. The first-order valence-corrected chi connectivity index (χ1v) is 54.6. The second-order valence-electron chi connectivity index (χ2n) is 50.2. The third kappa shape index (κ3) is 28.1. The zero-order valence-corrected chi connectivity index (χ0v) is 91.8. The summed E-state index contributed by atoms with van der Waals surface area (Å²) in [5.74, 6) is 0.397. The van der Waals surface area contributed by atoms with Gasteiger partial charge in [0.05, 0.1) is 58.4 Å². The molecule has 14 fully saturated rings. The Kier molecular flexibility index (Phi) is 39.9. The van der Waals surface area contributed by atoms with Gasteiger partial charge in [-0.2, -0.15) is 13.2 Å². The number of alkyl halides is 3. The number of hydrogen-bond donors (Lipinski definition) is 0. The van der Waals surface area contributed by atoms with Gasteiger partial charge in [0.25, 0.3) is 0 Å². The van der Waals surface area contributed by atoms with E-state index in [2.05, 4.69) is 55.4 Å². The predicted octanol–water partition coefficient (Wildman–Crippen LogP) is 24.5. The Bertz CT molecular complexity index is 4270. The fourth-order valence-electron chi connectivity index (χ4n) is 25.4. The molecule has 2 heterocycles. The summed E-state index contributed by atoms with van der Waals surface area (Å²) in [6.07, 6.45) is 25.8. The number of fused-ring (bicyclic) bond motifs is 5. The number of rotatable bonds is 41. The van der Waals surface area contributed by atoms with Crippen LogP contribution in [-0.2, 0) is 120 Å². The van der Waals surface area contributed by atoms with E-state index in [1.54, 1.807) is 46.9 Å². The molecule has 1 aromatic carbocycles. The Hall–Kier alpha value is -6.20. The van der Waals surface area contributed by atoms with Crippen LogP contribution in [0.4, 0.5) is 13.2 Å². The van der Waals surface area contributed by atoms with Crippen LogP contribution in [0.2, 0.25) is 0 Å². The van der Waals surface area contributed by atoms with Crippen LogP contribution in [0.3, 0.4) is 0 Å². The van der Waals surface area contributed by atoms with Gasteiger partial charge in [-0.05, 0) is 313 Å². The molecule has 2 aliphatic heterocycles. The smallest absolute Gasteiger partial charge is 0.411 e.